The van der Waals surface area contributed by atoms with Gasteiger partial charge < -0.3 is 4.74 Å². The molecule has 21 heavy (non-hydrogen) atoms. The second-order valence-corrected chi connectivity index (χ2v) is 5.47. The first-order valence-corrected chi connectivity index (χ1v) is 7.22. The topological polar surface area (TPSA) is 52.4 Å². The summed E-state index contributed by atoms with van der Waals surface area (Å²) in [4.78, 5) is 10.6. The quantitative estimate of drug-likeness (QED) is 0.412. The Balaban J connectivity index is 2.57. The smallest absolute Gasteiger partial charge is 0.312 e. The van der Waals surface area contributed by atoms with Crippen molar-refractivity contribution in [1.29, 1.82) is 0 Å². The third-order valence-electron chi connectivity index (χ3n) is 2.81. The molecule has 2 aromatic rings. The zero-order valence-electron chi connectivity index (χ0n) is 10.9. The summed E-state index contributed by atoms with van der Waals surface area (Å²) >= 11 is 8.94. The molecule has 0 saturated carbocycles. The minimum atomic E-state index is -0.621. The van der Waals surface area contributed by atoms with E-state index >= 15 is 0 Å². The first-order chi connectivity index (χ1) is 9.93. The van der Waals surface area contributed by atoms with Gasteiger partial charge in [-0.1, -0.05) is 28.1 Å². The van der Waals surface area contributed by atoms with Gasteiger partial charge in [0.2, 0.25) is 5.75 Å². The van der Waals surface area contributed by atoms with Crippen LogP contribution in [0.5, 0.6) is 11.5 Å². The van der Waals surface area contributed by atoms with Crippen LogP contribution in [0.4, 0.5) is 10.1 Å². The second kappa shape index (κ2) is 6.41. The fourth-order valence-corrected chi connectivity index (χ4v) is 2.63. The van der Waals surface area contributed by atoms with Gasteiger partial charge in [-0.2, -0.15) is 0 Å². The van der Waals surface area contributed by atoms with E-state index in [1.165, 1.54) is 18.2 Å². The fraction of sp³-hybridized carbons (Fsp3) is 0.143. The maximum atomic E-state index is 13.9. The second-order valence-electron chi connectivity index (χ2n) is 4.29. The van der Waals surface area contributed by atoms with E-state index in [1.54, 1.807) is 19.1 Å². The molecule has 0 aromatic heterocycles. The summed E-state index contributed by atoms with van der Waals surface area (Å²) < 4.78 is 19.9. The van der Waals surface area contributed by atoms with Crippen molar-refractivity contribution in [2.75, 3.05) is 0 Å². The zero-order chi connectivity index (χ0) is 15.6. The Hall–Kier alpha value is -1.66. The normalized spacial score (nSPS) is 10.5. The van der Waals surface area contributed by atoms with E-state index in [9.17, 15) is 14.5 Å². The summed E-state index contributed by atoms with van der Waals surface area (Å²) in [6.07, 6.45) is 0. The van der Waals surface area contributed by atoms with E-state index in [1.807, 2.05) is 0 Å². The largest absolute Gasteiger partial charge is 0.446 e. The lowest BCUT2D eigenvalue weighted by molar-refractivity contribution is -0.385. The summed E-state index contributed by atoms with van der Waals surface area (Å²) in [5.74, 6) is -0.679. The van der Waals surface area contributed by atoms with Crippen molar-refractivity contribution in [2.24, 2.45) is 0 Å². The predicted octanol–water partition coefficient (Wildman–Crippen LogP) is 5.34. The maximum Gasteiger partial charge on any atom is 0.312 e. The average Bonchev–Trinajstić information content (AvgIpc) is 2.42. The molecule has 0 aliphatic heterocycles. The molecule has 2 rings (SSSR count). The van der Waals surface area contributed by atoms with Crippen LogP contribution in [0, 0.1) is 22.9 Å². The number of alkyl halides is 1. The van der Waals surface area contributed by atoms with Crippen LogP contribution >= 0.6 is 27.5 Å². The Morgan fingerprint density at radius 3 is 2.71 bits per heavy atom. The Bertz CT molecular complexity index is 709. The molecule has 4 nitrogen and oxygen atoms in total. The summed E-state index contributed by atoms with van der Waals surface area (Å²) in [7, 11) is 0. The molecule has 0 aliphatic carbocycles. The van der Waals surface area contributed by atoms with Crippen LogP contribution in [0.3, 0.4) is 0 Å². The van der Waals surface area contributed by atoms with E-state index < -0.39 is 10.7 Å². The number of para-hydroxylation sites is 1. The van der Waals surface area contributed by atoms with Gasteiger partial charge in [0.25, 0.3) is 0 Å². The number of rotatable bonds is 4. The SMILES string of the molecule is Cc1cc(Br)cc([N+](=O)[O-])c1Oc1c(F)cccc1CCl. The van der Waals surface area contributed by atoms with Gasteiger partial charge >= 0.3 is 5.69 Å². The number of nitro groups is 1. The lowest BCUT2D eigenvalue weighted by Gasteiger charge is -2.13. The number of hydrogen-bond donors (Lipinski definition) is 0. The molecule has 0 aliphatic rings. The monoisotopic (exact) mass is 373 g/mol. The molecule has 0 spiro atoms. The Morgan fingerprint density at radius 2 is 2.10 bits per heavy atom. The molecule has 0 atom stereocenters. The standard InChI is InChI=1S/C14H10BrClFNO3/c1-8-5-10(15)6-12(18(19)20)13(8)21-14-9(7-16)3-2-4-11(14)17/h2-6H,7H2,1H3. The number of ether oxygens (including phenoxy) is 1. The zero-order valence-corrected chi connectivity index (χ0v) is 13.2. The van der Waals surface area contributed by atoms with Gasteiger partial charge in [0.15, 0.2) is 11.6 Å². The molecule has 110 valence electrons. The number of nitrogens with zero attached hydrogens (tertiary/aromatic N) is 1. The average molecular weight is 375 g/mol. The third kappa shape index (κ3) is 3.33. The van der Waals surface area contributed by atoms with Crippen LogP contribution in [-0.4, -0.2) is 4.92 Å². The molecule has 7 heteroatoms. The van der Waals surface area contributed by atoms with Gasteiger partial charge in [-0.3, -0.25) is 10.1 Å². The van der Waals surface area contributed by atoms with Crippen LogP contribution in [0.25, 0.3) is 0 Å². The summed E-state index contributed by atoms with van der Waals surface area (Å²) in [5.41, 5.74) is 0.693. The lowest BCUT2D eigenvalue weighted by Crippen LogP contribution is -1.99. The number of halogens is 3. The number of aryl methyl sites for hydroxylation is 1. The van der Waals surface area contributed by atoms with Crippen molar-refractivity contribution in [3.05, 3.63) is 61.9 Å². The van der Waals surface area contributed by atoms with Gasteiger partial charge in [0.1, 0.15) is 0 Å². The highest BCUT2D eigenvalue weighted by atomic mass is 79.9. The Morgan fingerprint density at radius 1 is 1.38 bits per heavy atom. The van der Waals surface area contributed by atoms with E-state index in [4.69, 9.17) is 16.3 Å². The molecule has 0 radical (unpaired) electrons. The first-order valence-electron chi connectivity index (χ1n) is 5.89. The molecule has 0 bridgehead atoms. The third-order valence-corrected chi connectivity index (χ3v) is 3.56. The van der Waals surface area contributed by atoms with E-state index in [0.29, 0.717) is 15.6 Å². The highest BCUT2D eigenvalue weighted by Crippen LogP contribution is 2.39. The molecule has 0 saturated heterocycles. The van der Waals surface area contributed by atoms with Gasteiger partial charge in [0.05, 0.1) is 10.8 Å². The lowest BCUT2D eigenvalue weighted by atomic mass is 10.2. The summed E-state index contributed by atoms with van der Waals surface area (Å²) in [5, 5.41) is 11.1. The fourth-order valence-electron chi connectivity index (χ4n) is 1.86. The maximum absolute atomic E-state index is 13.9. The Kier molecular flexibility index (Phi) is 4.80. The summed E-state index contributed by atoms with van der Waals surface area (Å²) in [6, 6.07) is 7.28. The number of hydrogen-bond acceptors (Lipinski definition) is 3. The predicted molar refractivity (Wildman–Crippen MR) is 81.6 cm³/mol. The molecule has 0 N–H and O–H groups in total. The van der Waals surface area contributed by atoms with E-state index in [2.05, 4.69) is 15.9 Å². The summed E-state index contributed by atoms with van der Waals surface area (Å²) in [6.45, 7) is 1.65. The number of nitro benzene ring substituents is 1. The van der Waals surface area contributed by atoms with Crippen LogP contribution in [0.15, 0.2) is 34.8 Å². The molecular formula is C14H10BrClFNO3. The van der Waals surface area contributed by atoms with Gasteiger partial charge in [0, 0.05) is 16.1 Å². The van der Waals surface area contributed by atoms with Crippen molar-refractivity contribution in [2.45, 2.75) is 12.8 Å². The van der Waals surface area contributed by atoms with Crippen LogP contribution in [0.1, 0.15) is 11.1 Å². The molecule has 0 heterocycles. The van der Waals surface area contributed by atoms with E-state index in [0.717, 1.165) is 0 Å². The first kappa shape index (κ1) is 15.7. The van der Waals surface area contributed by atoms with Crippen molar-refractivity contribution < 1.29 is 14.1 Å². The van der Waals surface area contributed by atoms with Crippen LogP contribution < -0.4 is 4.74 Å². The molecule has 0 unspecified atom stereocenters. The highest BCUT2D eigenvalue weighted by Gasteiger charge is 2.22. The molecule has 0 amide bonds. The van der Waals surface area contributed by atoms with Gasteiger partial charge in [-0.15, -0.1) is 11.6 Å². The van der Waals surface area contributed by atoms with Crippen LogP contribution in [0.2, 0.25) is 0 Å². The van der Waals surface area contributed by atoms with E-state index in [-0.39, 0.29) is 23.1 Å². The van der Waals surface area contributed by atoms with Crippen molar-refractivity contribution in [1.82, 2.24) is 0 Å². The minimum absolute atomic E-state index is 0.000309. The highest BCUT2D eigenvalue weighted by molar-refractivity contribution is 9.10. The Labute approximate surface area is 133 Å². The van der Waals surface area contributed by atoms with Crippen molar-refractivity contribution in [3.8, 4) is 11.5 Å². The molecule has 0 fully saturated rings. The molecular weight excluding hydrogens is 365 g/mol. The minimum Gasteiger partial charge on any atom is -0.446 e. The van der Waals surface area contributed by atoms with Gasteiger partial charge in [-0.05, 0) is 24.6 Å². The molecule has 2 aromatic carbocycles. The van der Waals surface area contributed by atoms with Crippen molar-refractivity contribution >= 4 is 33.2 Å². The van der Waals surface area contributed by atoms with Gasteiger partial charge in [-0.25, -0.2) is 4.39 Å². The number of benzene rings is 2. The van der Waals surface area contributed by atoms with Crippen LogP contribution in [-0.2, 0) is 5.88 Å². The van der Waals surface area contributed by atoms with Crippen molar-refractivity contribution in [3.63, 3.8) is 0 Å².